The van der Waals surface area contributed by atoms with E-state index < -0.39 is 0 Å². The van der Waals surface area contributed by atoms with Gasteiger partial charge in [-0.1, -0.05) is 13.8 Å². The number of hydrogen-bond acceptors (Lipinski definition) is 4. The molecule has 1 aliphatic rings. The van der Waals surface area contributed by atoms with Gasteiger partial charge in [0.1, 0.15) is 0 Å². The molecular formula is C22H33N5O2. The number of hydrogen-bond donors (Lipinski definition) is 2. The van der Waals surface area contributed by atoms with Crippen molar-refractivity contribution in [2.75, 3.05) is 33.7 Å². The summed E-state index contributed by atoms with van der Waals surface area (Å²) in [5, 5.41) is 4.14. The van der Waals surface area contributed by atoms with Gasteiger partial charge < -0.3 is 15.2 Å². The third-order valence-electron chi connectivity index (χ3n) is 5.86. The second kappa shape index (κ2) is 9.39. The Morgan fingerprint density at radius 1 is 1.38 bits per heavy atom. The van der Waals surface area contributed by atoms with Crippen LogP contribution < -0.4 is 5.32 Å². The van der Waals surface area contributed by atoms with Crippen molar-refractivity contribution in [3.05, 3.63) is 30.2 Å². The maximum Gasteiger partial charge on any atom is 0.237 e. The second-order valence-corrected chi connectivity index (χ2v) is 8.64. The lowest BCUT2D eigenvalue weighted by Crippen LogP contribution is -2.47. The highest BCUT2D eigenvalue weighted by atomic mass is 16.2. The number of likely N-dealkylation sites (N-methyl/N-ethyl adjacent to an activating group) is 1. The van der Waals surface area contributed by atoms with Crippen molar-refractivity contribution >= 4 is 22.7 Å². The lowest BCUT2D eigenvalue weighted by atomic mass is 10.0. The summed E-state index contributed by atoms with van der Waals surface area (Å²) in [5.74, 6) is 0.972. The molecule has 7 heteroatoms. The molecular weight excluding hydrogens is 366 g/mol. The van der Waals surface area contributed by atoms with Crippen LogP contribution in [0.5, 0.6) is 0 Å². The number of aromatic amines is 1. The van der Waals surface area contributed by atoms with E-state index in [0.717, 1.165) is 42.4 Å². The van der Waals surface area contributed by atoms with Gasteiger partial charge in [0.15, 0.2) is 0 Å². The van der Waals surface area contributed by atoms with E-state index in [9.17, 15) is 9.59 Å². The number of nitrogens with one attached hydrogen (secondary N) is 2. The second-order valence-electron chi connectivity index (χ2n) is 8.64. The van der Waals surface area contributed by atoms with Gasteiger partial charge in [-0.15, -0.1) is 0 Å². The number of likely N-dealkylation sites (tertiary alicyclic amines) is 1. The van der Waals surface area contributed by atoms with Crippen molar-refractivity contribution in [3.8, 4) is 0 Å². The van der Waals surface area contributed by atoms with Gasteiger partial charge in [-0.05, 0) is 50.4 Å². The third-order valence-corrected chi connectivity index (χ3v) is 5.86. The topological polar surface area (TPSA) is 81.3 Å². The number of H-pyrrole nitrogens is 1. The highest BCUT2D eigenvalue weighted by molar-refractivity contribution is 5.88. The number of pyridine rings is 1. The Bertz CT molecular complexity index is 837. The first-order valence-corrected chi connectivity index (χ1v) is 10.5. The van der Waals surface area contributed by atoms with Crippen LogP contribution in [0.25, 0.3) is 10.9 Å². The minimum Gasteiger partial charge on any atom is -0.360 e. The third kappa shape index (κ3) is 5.15. The van der Waals surface area contributed by atoms with E-state index >= 15 is 0 Å². The molecule has 2 amide bonds. The maximum absolute atomic E-state index is 12.7. The number of nitrogens with zero attached hydrogens (tertiary/aromatic N) is 3. The molecule has 0 aliphatic carbocycles. The zero-order chi connectivity index (χ0) is 21.0. The molecule has 0 spiro atoms. The molecule has 1 unspecified atom stereocenters. The highest BCUT2D eigenvalue weighted by Gasteiger charge is 2.28. The Kier molecular flexibility index (Phi) is 6.90. The van der Waals surface area contributed by atoms with Crippen LogP contribution in [0.3, 0.4) is 0 Å². The number of rotatable bonds is 8. The van der Waals surface area contributed by atoms with E-state index in [0.29, 0.717) is 18.9 Å². The van der Waals surface area contributed by atoms with Gasteiger partial charge in [0.2, 0.25) is 11.8 Å². The van der Waals surface area contributed by atoms with E-state index in [1.807, 2.05) is 36.2 Å². The smallest absolute Gasteiger partial charge is 0.237 e. The molecule has 158 valence electrons. The largest absolute Gasteiger partial charge is 0.360 e. The minimum absolute atomic E-state index is 0.0877. The van der Waals surface area contributed by atoms with E-state index in [2.05, 4.69) is 29.1 Å². The lowest BCUT2D eigenvalue weighted by Gasteiger charge is -2.26. The van der Waals surface area contributed by atoms with Crippen molar-refractivity contribution in [2.45, 2.75) is 39.2 Å². The van der Waals surface area contributed by atoms with Gasteiger partial charge in [0.25, 0.3) is 0 Å². The van der Waals surface area contributed by atoms with Gasteiger partial charge in [0, 0.05) is 37.4 Å². The summed E-state index contributed by atoms with van der Waals surface area (Å²) in [6.45, 7) is 6.37. The number of carbonyl (C=O) groups excluding carboxylic acids is 2. The fraction of sp³-hybridized carbons (Fsp3) is 0.591. The van der Waals surface area contributed by atoms with Gasteiger partial charge >= 0.3 is 0 Å². The molecule has 7 nitrogen and oxygen atoms in total. The summed E-state index contributed by atoms with van der Waals surface area (Å²) < 4.78 is 0. The van der Waals surface area contributed by atoms with Gasteiger partial charge in [-0.25, -0.2) is 0 Å². The molecule has 1 aliphatic heterocycles. The van der Waals surface area contributed by atoms with Crippen LogP contribution in [0.2, 0.25) is 0 Å². The fourth-order valence-electron chi connectivity index (χ4n) is 4.39. The predicted octanol–water partition coefficient (Wildman–Crippen LogP) is 2.05. The Balaban J connectivity index is 1.45. The number of aromatic nitrogens is 2. The molecule has 0 bridgehead atoms. The minimum atomic E-state index is -0.108. The van der Waals surface area contributed by atoms with Crippen LogP contribution in [-0.4, -0.2) is 71.4 Å². The Morgan fingerprint density at radius 2 is 2.17 bits per heavy atom. The first kappa shape index (κ1) is 21.3. The summed E-state index contributed by atoms with van der Waals surface area (Å²) in [6.07, 6.45) is 7.76. The number of carbonyl (C=O) groups is 2. The quantitative estimate of drug-likeness (QED) is 0.712. The van der Waals surface area contributed by atoms with Crippen LogP contribution in [-0.2, 0) is 16.0 Å². The summed E-state index contributed by atoms with van der Waals surface area (Å²) >= 11 is 0. The van der Waals surface area contributed by atoms with Crippen molar-refractivity contribution in [1.82, 2.24) is 25.1 Å². The Morgan fingerprint density at radius 3 is 2.90 bits per heavy atom. The molecule has 0 radical (unpaired) electrons. The first-order valence-electron chi connectivity index (χ1n) is 10.5. The molecule has 2 aromatic rings. The van der Waals surface area contributed by atoms with Crippen LogP contribution >= 0.6 is 0 Å². The van der Waals surface area contributed by atoms with E-state index in [1.165, 1.54) is 0 Å². The number of amides is 2. The van der Waals surface area contributed by atoms with Gasteiger partial charge in [-0.2, -0.15) is 0 Å². The Labute approximate surface area is 172 Å². The lowest BCUT2D eigenvalue weighted by molar-refractivity contribution is -0.129. The zero-order valence-corrected chi connectivity index (χ0v) is 17.9. The Hall–Kier alpha value is -2.41. The summed E-state index contributed by atoms with van der Waals surface area (Å²) in [4.78, 5) is 36.4. The molecule has 2 atom stereocenters. The standard InChI is InChI=1S/C22H33N5O2/c1-15(2)21(26(3)4)22(29)24-9-5-16-7-10-27(14-16)20(28)11-17-12-25-19-13-23-8-6-18(17)19/h6,8,12-13,15-16,21,25H,5,7,9-11,14H2,1-4H3,(H,24,29)/t16?,21-/m1/s1. The average molecular weight is 400 g/mol. The molecule has 1 fully saturated rings. The normalized spacial score (nSPS) is 18.0. The van der Waals surface area contributed by atoms with Gasteiger partial charge in [-0.3, -0.25) is 19.5 Å². The number of fused-ring (bicyclic) bond motifs is 1. The average Bonchev–Trinajstić information content (AvgIpc) is 3.29. The zero-order valence-electron chi connectivity index (χ0n) is 17.9. The van der Waals surface area contributed by atoms with Crippen LogP contribution in [0.4, 0.5) is 0 Å². The summed E-state index contributed by atoms with van der Waals surface area (Å²) in [6, 6.07) is 1.84. The SMILES string of the molecule is CC(C)[C@H](C(=O)NCCC1CCN(C(=O)Cc2c[nH]c3cnccc23)C1)N(C)C. The van der Waals surface area contributed by atoms with Crippen LogP contribution in [0.1, 0.15) is 32.3 Å². The van der Waals surface area contributed by atoms with Crippen molar-refractivity contribution in [1.29, 1.82) is 0 Å². The van der Waals surface area contributed by atoms with Crippen LogP contribution in [0.15, 0.2) is 24.7 Å². The summed E-state index contributed by atoms with van der Waals surface area (Å²) in [5.41, 5.74) is 1.98. The van der Waals surface area contributed by atoms with E-state index in [4.69, 9.17) is 0 Å². The highest BCUT2D eigenvalue weighted by Crippen LogP contribution is 2.22. The van der Waals surface area contributed by atoms with E-state index in [-0.39, 0.29) is 23.8 Å². The molecule has 3 heterocycles. The maximum atomic E-state index is 12.7. The fourth-order valence-corrected chi connectivity index (χ4v) is 4.39. The van der Waals surface area contributed by atoms with Crippen LogP contribution in [0, 0.1) is 11.8 Å². The van der Waals surface area contributed by atoms with Crippen molar-refractivity contribution in [2.24, 2.45) is 11.8 Å². The first-order chi connectivity index (χ1) is 13.9. The molecule has 29 heavy (non-hydrogen) atoms. The van der Waals surface area contributed by atoms with Crippen molar-refractivity contribution in [3.63, 3.8) is 0 Å². The molecule has 3 rings (SSSR count). The van der Waals surface area contributed by atoms with Gasteiger partial charge in [0.05, 0.1) is 24.2 Å². The summed E-state index contributed by atoms with van der Waals surface area (Å²) in [7, 11) is 3.88. The molecule has 0 saturated carbocycles. The molecule has 2 N–H and O–H groups in total. The predicted molar refractivity (Wildman–Crippen MR) is 114 cm³/mol. The van der Waals surface area contributed by atoms with Crippen molar-refractivity contribution < 1.29 is 9.59 Å². The molecule has 2 aromatic heterocycles. The monoisotopic (exact) mass is 399 g/mol. The molecule has 0 aromatic carbocycles. The molecule has 1 saturated heterocycles. The van der Waals surface area contributed by atoms with E-state index in [1.54, 1.807) is 12.4 Å².